The van der Waals surface area contributed by atoms with E-state index in [9.17, 15) is 4.79 Å². The van der Waals surface area contributed by atoms with E-state index in [1.807, 2.05) is 30.6 Å². The van der Waals surface area contributed by atoms with Gasteiger partial charge in [-0.1, -0.05) is 90.5 Å². The molecule has 0 saturated heterocycles. The molecule has 0 aliphatic heterocycles. The first-order chi connectivity index (χ1) is 17.1. The Morgan fingerprint density at radius 3 is 1.94 bits per heavy atom. The highest BCUT2D eigenvalue weighted by Gasteiger charge is 2.09. The zero-order chi connectivity index (χ0) is 25.1. The minimum absolute atomic E-state index is 0. The van der Waals surface area contributed by atoms with Gasteiger partial charge in [0, 0.05) is 25.1 Å². The van der Waals surface area contributed by atoms with Crippen molar-refractivity contribution in [1.82, 2.24) is 5.32 Å². The summed E-state index contributed by atoms with van der Waals surface area (Å²) in [5, 5.41) is 3.03. The minimum Gasteiger partial charge on any atom is -1.00 e. The fourth-order valence-electron chi connectivity index (χ4n) is 4.38. The first-order valence-electron chi connectivity index (χ1n) is 14.1. The van der Waals surface area contributed by atoms with Gasteiger partial charge < -0.3 is 34.0 Å². The van der Waals surface area contributed by atoms with E-state index in [-0.39, 0.29) is 29.9 Å². The van der Waals surface area contributed by atoms with Crippen LogP contribution >= 0.6 is 0 Å². The summed E-state index contributed by atoms with van der Waals surface area (Å²) in [4.78, 5) is 12.5. The van der Waals surface area contributed by atoms with Crippen LogP contribution in [0.15, 0.2) is 42.7 Å². The summed E-state index contributed by atoms with van der Waals surface area (Å²) in [5.41, 5.74) is 2.96. The largest absolute Gasteiger partial charge is 1.00 e. The van der Waals surface area contributed by atoms with Crippen LogP contribution in [0.1, 0.15) is 119 Å². The Labute approximate surface area is 237 Å². The van der Waals surface area contributed by atoms with Gasteiger partial charge in [0.25, 0.3) is 5.91 Å². The average molecular weight is 609 g/mol. The fourth-order valence-corrected chi connectivity index (χ4v) is 4.38. The number of ether oxygens (including phenoxy) is 1. The zero-order valence-electron chi connectivity index (χ0n) is 23.0. The molecule has 2 rings (SSSR count). The highest BCUT2D eigenvalue weighted by atomic mass is 127. The summed E-state index contributed by atoms with van der Waals surface area (Å²) in [6.45, 7) is 8.77. The summed E-state index contributed by atoms with van der Waals surface area (Å²) in [5.74, 6) is 0.879. The molecule has 0 saturated carbocycles. The number of hydrogen-bond donors (Lipinski definition) is 1. The molecule has 1 amide bonds. The molecule has 0 atom stereocenters. The lowest BCUT2D eigenvalue weighted by Crippen LogP contribution is -3.00. The van der Waals surface area contributed by atoms with Crippen molar-refractivity contribution in [2.24, 2.45) is 0 Å². The molecule has 0 bridgehead atoms. The summed E-state index contributed by atoms with van der Waals surface area (Å²) >= 11 is 0. The van der Waals surface area contributed by atoms with Crippen molar-refractivity contribution >= 4 is 5.91 Å². The predicted molar refractivity (Wildman–Crippen MR) is 146 cm³/mol. The summed E-state index contributed by atoms with van der Waals surface area (Å²) in [6.07, 6.45) is 21.2. The van der Waals surface area contributed by atoms with Crippen molar-refractivity contribution in [3.8, 4) is 5.75 Å². The Kier molecular flexibility index (Phi) is 18.4. The van der Waals surface area contributed by atoms with Crippen molar-refractivity contribution in [3.63, 3.8) is 0 Å². The van der Waals surface area contributed by atoms with Crippen LogP contribution in [0, 0.1) is 6.92 Å². The van der Waals surface area contributed by atoms with Crippen LogP contribution in [0.4, 0.5) is 0 Å². The number of carbonyl (C=O) groups excluding carboxylic acids is 1. The third-order valence-corrected chi connectivity index (χ3v) is 6.66. The number of hydrogen-bond acceptors (Lipinski definition) is 2. The van der Waals surface area contributed by atoms with Gasteiger partial charge in [0.15, 0.2) is 12.4 Å². The number of nitrogens with one attached hydrogen (secondary N) is 1. The molecular formula is C31H49IN2O2. The molecule has 0 spiro atoms. The van der Waals surface area contributed by atoms with Crippen LogP contribution in [0.5, 0.6) is 5.75 Å². The van der Waals surface area contributed by atoms with Crippen LogP contribution in [0.2, 0.25) is 0 Å². The lowest BCUT2D eigenvalue weighted by molar-refractivity contribution is -0.697. The maximum atomic E-state index is 12.5. The van der Waals surface area contributed by atoms with Gasteiger partial charge in [-0.15, -0.1) is 0 Å². The van der Waals surface area contributed by atoms with E-state index in [0.29, 0.717) is 12.1 Å². The van der Waals surface area contributed by atoms with Crippen molar-refractivity contribution in [2.45, 2.75) is 117 Å². The van der Waals surface area contributed by atoms with Crippen molar-refractivity contribution in [1.29, 1.82) is 0 Å². The number of amides is 1. The Balaban J connectivity index is 0.00000648. The summed E-state index contributed by atoms with van der Waals surface area (Å²) in [7, 11) is 0. The van der Waals surface area contributed by atoms with E-state index < -0.39 is 0 Å². The Hall–Kier alpha value is -1.63. The number of halogens is 1. The number of rotatable bonds is 19. The molecule has 1 N–H and O–H groups in total. The van der Waals surface area contributed by atoms with Crippen LogP contribution in [0.25, 0.3) is 0 Å². The van der Waals surface area contributed by atoms with E-state index in [1.54, 1.807) is 0 Å². The molecule has 0 aliphatic carbocycles. The van der Waals surface area contributed by atoms with Gasteiger partial charge in [-0.05, 0) is 36.6 Å². The lowest BCUT2D eigenvalue weighted by Gasteiger charge is -2.11. The number of unbranched alkanes of at least 4 members (excludes halogenated alkanes) is 11. The molecule has 5 heteroatoms. The van der Waals surface area contributed by atoms with Gasteiger partial charge in [-0.3, -0.25) is 4.79 Å². The Morgan fingerprint density at radius 2 is 1.39 bits per heavy atom. The van der Waals surface area contributed by atoms with Crippen LogP contribution in [-0.2, 0) is 13.1 Å². The highest BCUT2D eigenvalue weighted by Crippen LogP contribution is 2.18. The quantitative estimate of drug-likeness (QED) is 0.143. The van der Waals surface area contributed by atoms with Gasteiger partial charge in [-0.25, -0.2) is 4.57 Å². The second-order valence-corrected chi connectivity index (χ2v) is 9.83. The maximum absolute atomic E-state index is 12.5. The molecule has 4 nitrogen and oxygen atoms in total. The molecule has 0 unspecified atom stereocenters. The number of nitrogens with zero attached hydrogens (tertiary/aromatic N) is 1. The zero-order valence-corrected chi connectivity index (χ0v) is 25.2. The van der Waals surface area contributed by atoms with Gasteiger partial charge in [-0.2, -0.15) is 0 Å². The monoisotopic (exact) mass is 608 g/mol. The molecule has 0 fully saturated rings. The van der Waals surface area contributed by atoms with Crippen molar-refractivity contribution < 1.29 is 38.1 Å². The highest BCUT2D eigenvalue weighted by molar-refractivity contribution is 5.93. The molecule has 36 heavy (non-hydrogen) atoms. The molecule has 2 aromatic rings. The van der Waals surface area contributed by atoms with E-state index in [0.717, 1.165) is 42.9 Å². The first kappa shape index (κ1) is 32.4. The SMILES string of the molecule is CCCCCCCCCCCCCCOc1ccc(CNC(=O)c2cc[n+](CCC)cc2)c(C)c1.[I-]. The van der Waals surface area contributed by atoms with Gasteiger partial charge in [0.2, 0.25) is 0 Å². The van der Waals surface area contributed by atoms with E-state index >= 15 is 0 Å². The number of pyridine rings is 1. The summed E-state index contributed by atoms with van der Waals surface area (Å²) < 4.78 is 8.06. The molecule has 0 aliphatic rings. The van der Waals surface area contributed by atoms with Gasteiger partial charge in [0.1, 0.15) is 12.3 Å². The second kappa shape index (κ2) is 20.4. The molecule has 1 aromatic heterocycles. The van der Waals surface area contributed by atoms with Crippen LogP contribution in [0.3, 0.4) is 0 Å². The molecule has 1 aromatic carbocycles. The van der Waals surface area contributed by atoms with Gasteiger partial charge >= 0.3 is 0 Å². The Bertz CT molecular complexity index is 839. The van der Waals surface area contributed by atoms with E-state index in [2.05, 4.69) is 42.8 Å². The standard InChI is InChI=1S/C31H48N2O2.HI/c1-4-6-7-8-9-10-11-12-13-14-15-16-24-35-30-18-17-29(27(3)25-30)26-32-31(34)28-19-22-33(21-5-2)23-20-28;/h17-20,22-23,25H,4-16,21,24,26H2,1-3H3;1H. The molecular weight excluding hydrogens is 559 g/mol. The smallest absolute Gasteiger partial charge is 0.252 e. The number of aromatic nitrogens is 1. The third-order valence-electron chi connectivity index (χ3n) is 6.66. The second-order valence-electron chi connectivity index (χ2n) is 9.83. The van der Waals surface area contributed by atoms with Gasteiger partial charge in [0.05, 0.1) is 12.2 Å². The Morgan fingerprint density at radius 1 is 0.806 bits per heavy atom. The molecule has 202 valence electrons. The maximum Gasteiger partial charge on any atom is 0.252 e. The topological polar surface area (TPSA) is 42.2 Å². The number of carbonyl (C=O) groups is 1. The number of aryl methyl sites for hydroxylation is 2. The minimum atomic E-state index is -0.0413. The fraction of sp³-hybridized carbons (Fsp3) is 0.613. The van der Waals surface area contributed by atoms with E-state index in [1.165, 1.54) is 70.6 Å². The van der Waals surface area contributed by atoms with Crippen LogP contribution < -0.4 is 38.6 Å². The number of benzene rings is 1. The molecule has 0 radical (unpaired) electrons. The third kappa shape index (κ3) is 13.6. The molecule has 1 heterocycles. The predicted octanol–water partition coefficient (Wildman–Crippen LogP) is 4.71. The average Bonchev–Trinajstić information content (AvgIpc) is 2.87. The lowest BCUT2D eigenvalue weighted by atomic mass is 10.1. The van der Waals surface area contributed by atoms with E-state index in [4.69, 9.17) is 4.74 Å². The first-order valence-corrected chi connectivity index (χ1v) is 14.1. The normalized spacial score (nSPS) is 10.6. The van der Waals surface area contributed by atoms with Crippen LogP contribution in [-0.4, -0.2) is 12.5 Å². The summed E-state index contributed by atoms with van der Waals surface area (Å²) in [6, 6.07) is 9.92. The van der Waals surface area contributed by atoms with Crippen molar-refractivity contribution in [3.05, 3.63) is 59.4 Å². The van der Waals surface area contributed by atoms with Crippen molar-refractivity contribution in [2.75, 3.05) is 6.61 Å².